The lowest BCUT2D eigenvalue weighted by molar-refractivity contribution is 1.29. The molecule has 100 valence electrons. The Balaban J connectivity index is 2.24. The highest BCUT2D eigenvalue weighted by atomic mass is 32.2. The van der Waals surface area contributed by atoms with Crippen molar-refractivity contribution in [1.29, 1.82) is 0 Å². The molecule has 0 fully saturated rings. The molecule has 0 N–H and O–H groups in total. The van der Waals surface area contributed by atoms with Gasteiger partial charge in [0.05, 0.1) is 10.9 Å². The van der Waals surface area contributed by atoms with Crippen LogP contribution in [0.15, 0.2) is 70.5 Å². The SMILES string of the molecule is C[Si](C)(C)CC[S+](c1ccccc1)c1ccccc1. The molecule has 0 amide bonds. The van der Waals surface area contributed by atoms with Crippen molar-refractivity contribution < 1.29 is 0 Å². The maximum Gasteiger partial charge on any atom is 0.160 e. The van der Waals surface area contributed by atoms with Gasteiger partial charge in [0.2, 0.25) is 0 Å². The highest BCUT2D eigenvalue weighted by molar-refractivity contribution is 7.97. The molecule has 0 radical (unpaired) electrons. The third-order valence-electron chi connectivity index (χ3n) is 3.11. The maximum absolute atomic E-state index is 2.46. The second kappa shape index (κ2) is 6.44. The van der Waals surface area contributed by atoms with E-state index in [1.54, 1.807) is 0 Å². The van der Waals surface area contributed by atoms with Crippen molar-refractivity contribution in [2.45, 2.75) is 35.5 Å². The lowest BCUT2D eigenvalue weighted by Gasteiger charge is -2.16. The smallest absolute Gasteiger partial charge is 0.0694 e. The Kier molecular flexibility index (Phi) is 4.89. The van der Waals surface area contributed by atoms with Crippen LogP contribution in [-0.4, -0.2) is 13.8 Å². The molecule has 0 saturated heterocycles. The molecule has 2 aromatic rings. The summed E-state index contributed by atoms with van der Waals surface area (Å²) in [6, 6.07) is 23.4. The van der Waals surface area contributed by atoms with Crippen LogP contribution in [0.1, 0.15) is 0 Å². The molecule has 0 aliphatic carbocycles. The molecule has 0 unspecified atom stereocenters. The molecule has 19 heavy (non-hydrogen) atoms. The fraction of sp³-hybridized carbons (Fsp3) is 0.294. The van der Waals surface area contributed by atoms with Gasteiger partial charge in [0.15, 0.2) is 9.79 Å². The van der Waals surface area contributed by atoms with Gasteiger partial charge in [-0.3, -0.25) is 0 Å². The fourth-order valence-electron chi connectivity index (χ4n) is 1.95. The van der Waals surface area contributed by atoms with Crippen LogP contribution in [0.25, 0.3) is 0 Å². The first kappa shape index (κ1) is 14.4. The molecule has 0 aliphatic rings. The van der Waals surface area contributed by atoms with E-state index in [0.717, 1.165) is 0 Å². The van der Waals surface area contributed by atoms with Crippen LogP contribution in [0.4, 0.5) is 0 Å². The van der Waals surface area contributed by atoms with Gasteiger partial charge < -0.3 is 0 Å². The Bertz CT molecular complexity index is 448. The summed E-state index contributed by atoms with van der Waals surface area (Å²) in [6.07, 6.45) is 0. The first-order chi connectivity index (χ1) is 9.06. The molecule has 0 saturated carbocycles. The summed E-state index contributed by atoms with van der Waals surface area (Å²) >= 11 is 0. The van der Waals surface area contributed by atoms with Crippen LogP contribution in [0.5, 0.6) is 0 Å². The van der Waals surface area contributed by atoms with E-state index in [0.29, 0.717) is 0 Å². The van der Waals surface area contributed by atoms with Crippen molar-refractivity contribution in [2.24, 2.45) is 0 Å². The van der Waals surface area contributed by atoms with Crippen LogP contribution in [0, 0.1) is 0 Å². The first-order valence-corrected chi connectivity index (χ1v) is 12.0. The third-order valence-corrected chi connectivity index (χ3v) is 7.52. The molecule has 0 spiro atoms. The van der Waals surface area contributed by atoms with Gasteiger partial charge in [0.25, 0.3) is 0 Å². The zero-order chi connectivity index (χ0) is 13.7. The van der Waals surface area contributed by atoms with E-state index >= 15 is 0 Å². The zero-order valence-electron chi connectivity index (χ0n) is 12.1. The van der Waals surface area contributed by atoms with Gasteiger partial charge in [-0.25, -0.2) is 0 Å². The minimum Gasteiger partial charge on any atom is -0.0694 e. The van der Waals surface area contributed by atoms with Crippen molar-refractivity contribution in [3.05, 3.63) is 60.7 Å². The number of hydrogen-bond donors (Lipinski definition) is 0. The van der Waals surface area contributed by atoms with Crippen molar-refractivity contribution in [1.82, 2.24) is 0 Å². The summed E-state index contributed by atoms with van der Waals surface area (Å²) < 4.78 is 0. The highest BCUT2D eigenvalue weighted by Gasteiger charge is 2.27. The van der Waals surface area contributed by atoms with Gasteiger partial charge in [0, 0.05) is 8.07 Å². The predicted molar refractivity (Wildman–Crippen MR) is 89.8 cm³/mol. The summed E-state index contributed by atoms with van der Waals surface area (Å²) in [7, 11) is -0.742. The van der Waals surface area contributed by atoms with E-state index in [9.17, 15) is 0 Å². The average molecular weight is 288 g/mol. The molecular weight excluding hydrogens is 264 g/mol. The molecule has 0 atom stereocenters. The van der Waals surface area contributed by atoms with E-state index in [2.05, 4.69) is 80.3 Å². The van der Waals surface area contributed by atoms with E-state index in [1.165, 1.54) is 21.6 Å². The topological polar surface area (TPSA) is 0 Å². The van der Waals surface area contributed by atoms with Gasteiger partial charge in [-0.15, -0.1) is 0 Å². The summed E-state index contributed by atoms with van der Waals surface area (Å²) in [5.41, 5.74) is 0. The normalized spacial score (nSPS) is 11.8. The van der Waals surface area contributed by atoms with Crippen LogP contribution < -0.4 is 0 Å². The second-order valence-corrected chi connectivity index (χ2v) is 13.8. The number of rotatable bonds is 5. The zero-order valence-corrected chi connectivity index (χ0v) is 13.9. The Morgan fingerprint density at radius 2 is 1.16 bits per heavy atom. The van der Waals surface area contributed by atoms with Crippen LogP contribution in [0.3, 0.4) is 0 Å². The molecule has 0 aromatic heterocycles. The molecular formula is C17H23SSi+. The molecule has 0 heterocycles. The monoisotopic (exact) mass is 287 g/mol. The lowest BCUT2D eigenvalue weighted by Crippen LogP contribution is -2.24. The van der Waals surface area contributed by atoms with Crippen LogP contribution >= 0.6 is 0 Å². The lowest BCUT2D eigenvalue weighted by atomic mass is 10.4. The van der Waals surface area contributed by atoms with E-state index < -0.39 is 8.07 Å². The van der Waals surface area contributed by atoms with Crippen molar-refractivity contribution >= 4 is 19.0 Å². The van der Waals surface area contributed by atoms with Gasteiger partial charge in [-0.1, -0.05) is 56.0 Å². The molecule has 0 nitrogen and oxygen atoms in total. The molecule has 2 rings (SSSR count). The van der Waals surface area contributed by atoms with Gasteiger partial charge in [-0.05, 0) is 30.3 Å². The fourth-order valence-corrected chi connectivity index (χ4v) is 6.93. The summed E-state index contributed by atoms with van der Waals surface area (Å²) in [6.45, 7) is 7.39. The van der Waals surface area contributed by atoms with Crippen LogP contribution in [0.2, 0.25) is 25.7 Å². The molecule has 0 aliphatic heterocycles. The van der Waals surface area contributed by atoms with Crippen molar-refractivity contribution in [3.63, 3.8) is 0 Å². The molecule has 2 heteroatoms. The van der Waals surface area contributed by atoms with Crippen molar-refractivity contribution in [2.75, 3.05) is 5.75 Å². The van der Waals surface area contributed by atoms with Crippen LogP contribution in [-0.2, 0) is 10.9 Å². The number of hydrogen-bond acceptors (Lipinski definition) is 0. The Labute approximate surface area is 121 Å². The largest absolute Gasteiger partial charge is 0.160 e. The van der Waals surface area contributed by atoms with Gasteiger partial charge in [-0.2, -0.15) is 0 Å². The standard InChI is InChI=1S/C17H23SSi/c1-19(2,3)15-14-18(16-10-6-4-7-11-16)17-12-8-5-9-13-17/h4-13H,14-15H2,1-3H3/q+1. The van der Waals surface area contributed by atoms with Crippen molar-refractivity contribution in [3.8, 4) is 0 Å². The quantitative estimate of drug-likeness (QED) is 0.532. The minimum atomic E-state index is -0.979. The third kappa shape index (κ3) is 4.55. The summed E-state index contributed by atoms with van der Waals surface area (Å²) in [5.74, 6) is 1.30. The Hall–Kier alpha value is -0.993. The maximum atomic E-state index is 2.46. The second-order valence-electron chi connectivity index (χ2n) is 6.03. The molecule has 2 aromatic carbocycles. The average Bonchev–Trinajstić information content (AvgIpc) is 2.40. The first-order valence-electron chi connectivity index (χ1n) is 6.87. The van der Waals surface area contributed by atoms with E-state index in [1.807, 2.05) is 0 Å². The minimum absolute atomic E-state index is 0.237. The van der Waals surface area contributed by atoms with Gasteiger partial charge >= 0.3 is 0 Å². The summed E-state index contributed by atoms with van der Waals surface area (Å²) in [4.78, 5) is 2.96. The van der Waals surface area contributed by atoms with E-state index in [-0.39, 0.29) is 10.9 Å². The Morgan fingerprint density at radius 1 is 0.737 bits per heavy atom. The highest BCUT2D eigenvalue weighted by Crippen LogP contribution is 2.26. The van der Waals surface area contributed by atoms with Gasteiger partial charge in [0.1, 0.15) is 5.75 Å². The Morgan fingerprint density at radius 3 is 1.53 bits per heavy atom. The predicted octanol–water partition coefficient (Wildman–Crippen LogP) is 5.06. The summed E-state index contributed by atoms with van der Waals surface area (Å²) in [5, 5.41) is 0. The van der Waals surface area contributed by atoms with E-state index in [4.69, 9.17) is 0 Å². The number of benzene rings is 2. The molecule has 0 bridgehead atoms.